The molecule has 0 fully saturated rings. The molecule has 0 aliphatic rings. The number of nitrogens with zero attached hydrogens (tertiary/aromatic N) is 1. The highest BCUT2D eigenvalue weighted by atomic mass is 32.1. The Bertz CT molecular complexity index is 551. The van der Waals surface area contributed by atoms with Gasteiger partial charge in [0, 0.05) is 15.4 Å². The molecule has 0 saturated heterocycles. The molecule has 0 amide bonds. The highest BCUT2D eigenvalue weighted by Gasteiger charge is 2.23. The van der Waals surface area contributed by atoms with Crippen molar-refractivity contribution in [2.75, 3.05) is 6.54 Å². The van der Waals surface area contributed by atoms with Gasteiger partial charge in [-0.1, -0.05) is 23.8 Å². The average Bonchev–Trinajstić information content (AvgIpc) is 2.82. The third-order valence-corrected chi connectivity index (χ3v) is 3.76. The maximum atomic E-state index is 10.8. The third-order valence-electron chi connectivity index (χ3n) is 2.78. The molecule has 1 aromatic heterocycles. The van der Waals surface area contributed by atoms with Crippen LogP contribution >= 0.6 is 11.3 Å². The van der Waals surface area contributed by atoms with Crippen molar-refractivity contribution in [3.8, 4) is 5.75 Å². The summed E-state index contributed by atoms with van der Waals surface area (Å²) in [5.74, 6) is -0.277. The molecule has 1 N–H and O–H groups in total. The summed E-state index contributed by atoms with van der Waals surface area (Å²) in [6.45, 7) is 1.69. The smallest absolute Gasteiger partial charge is 0.215 e. The SMILES string of the molecule is Cc1ccc(O)c(C(C[N+](=O)[O-])c2cccs2)c1. The van der Waals surface area contributed by atoms with Gasteiger partial charge in [-0.05, 0) is 24.4 Å². The Morgan fingerprint density at radius 2 is 2.22 bits per heavy atom. The molecule has 0 bridgehead atoms. The number of hydrogen-bond acceptors (Lipinski definition) is 4. The van der Waals surface area contributed by atoms with Crippen LogP contribution < -0.4 is 0 Å². The molecular formula is C13H13NO3S. The predicted molar refractivity (Wildman–Crippen MR) is 70.9 cm³/mol. The van der Waals surface area contributed by atoms with E-state index < -0.39 is 0 Å². The first-order chi connectivity index (χ1) is 8.58. The largest absolute Gasteiger partial charge is 0.508 e. The number of phenolic OH excluding ortho intramolecular Hbond substituents is 1. The monoisotopic (exact) mass is 263 g/mol. The summed E-state index contributed by atoms with van der Waals surface area (Å²) >= 11 is 1.47. The van der Waals surface area contributed by atoms with Gasteiger partial charge in [-0.15, -0.1) is 11.3 Å². The number of benzene rings is 1. The molecule has 0 aliphatic carbocycles. The van der Waals surface area contributed by atoms with E-state index in [9.17, 15) is 15.2 Å². The Morgan fingerprint density at radius 1 is 1.44 bits per heavy atom. The van der Waals surface area contributed by atoms with Crippen LogP contribution in [0.5, 0.6) is 5.75 Å². The van der Waals surface area contributed by atoms with E-state index in [2.05, 4.69) is 0 Å². The zero-order valence-corrected chi connectivity index (χ0v) is 10.7. The zero-order valence-electron chi connectivity index (χ0n) is 9.87. The first-order valence-electron chi connectivity index (χ1n) is 5.52. The van der Waals surface area contributed by atoms with Gasteiger partial charge in [-0.2, -0.15) is 0 Å². The van der Waals surface area contributed by atoms with Gasteiger partial charge in [0.25, 0.3) is 0 Å². The zero-order chi connectivity index (χ0) is 13.1. The fourth-order valence-corrected chi connectivity index (χ4v) is 2.77. The molecule has 0 saturated carbocycles. The fourth-order valence-electron chi connectivity index (χ4n) is 1.93. The fraction of sp³-hybridized carbons (Fsp3) is 0.231. The van der Waals surface area contributed by atoms with Crippen molar-refractivity contribution in [3.63, 3.8) is 0 Å². The minimum atomic E-state index is -0.389. The van der Waals surface area contributed by atoms with Crippen molar-refractivity contribution in [2.24, 2.45) is 0 Å². The molecule has 0 spiro atoms. The van der Waals surface area contributed by atoms with E-state index in [-0.39, 0.29) is 23.1 Å². The van der Waals surface area contributed by atoms with Gasteiger partial charge in [-0.3, -0.25) is 10.1 Å². The molecule has 94 valence electrons. The van der Waals surface area contributed by atoms with E-state index in [4.69, 9.17) is 0 Å². The molecule has 0 aliphatic heterocycles. The summed E-state index contributed by atoms with van der Waals surface area (Å²) in [6, 6.07) is 8.91. The Kier molecular flexibility index (Phi) is 3.62. The van der Waals surface area contributed by atoms with Gasteiger partial charge < -0.3 is 5.11 Å². The highest BCUT2D eigenvalue weighted by Crippen LogP contribution is 2.34. The number of thiophene rings is 1. The standard InChI is InChI=1S/C13H13NO3S/c1-9-4-5-12(15)10(7-9)11(8-14(16)17)13-3-2-6-18-13/h2-7,11,15H,8H2,1H3. The van der Waals surface area contributed by atoms with Gasteiger partial charge in [0.15, 0.2) is 0 Å². The van der Waals surface area contributed by atoms with Crippen molar-refractivity contribution >= 4 is 11.3 Å². The van der Waals surface area contributed by atoms with Gasteiger partial charge >= 0.3 is 0 Å². The maximum Gasteiger partial charge on any atom is 0.215 e. The van der Waals surface area contributed by atoms with E-state index in [0.29, 0.717) is 5.56 Å². The van der Waals surface area contributed by atoms with Crippen molar-refractivity contribution in [1.82, 2.24) is 0 Å². The van der Waals surface area contributed by atoms with Crippen molar-refractivity contribution in [1.29, 1.82) is 0 Å². The van der Waals surface area contributed by atoms with Gasteiger partial charge in [0.05, 0.1) is 5.92 Å². The number of hydrogen-bond donors (Lipinski definition) is 1. The van der Waals surface area contributed by atoms with Crippen molar-refractivity contribution < 1.29 is 10.0 Å². The highest BCUT2D eigenvalue weighted by molar-refractivity contribution is 7.10. The summed E-state index contributed by atoms with van der Waals surface area (Å²) in [6.07, 6.45) is 0. The lowest BCUT2D eigenvalue weighted by atomic mass is 9.95. The topological polar surface area (TPSA) is 63.4 Å². The molecular weight excluding hydrogens is 250 g/mol. The molecule has 2 rings (SSSR count). The number of aryl methyl sites for hydroxylation is 1. The Labute approximate surface area is 109 Å². The van der Waals surface area contributed by atoms with E-state index in [0.717, 1.165) is 10.4 Å². The molecule has 0 radical (unpaired) electrons. The van der Waals surface area contributed by atoms with Crippen LogP contribution in [0.15, 0.2) is 35.7 Å². The molecule has 1 heterocycles. The maximum absolute atomic E-state index is 10.8. The summed E-state index contributed by atoms with van der Waals surface area (Å²) in [5.41, 5.74) is 1.60. The lowest BCUT2D eigenvalue weighted by molar-refractivity contribution is -0.481. The number of nitro groups is 1. The van der Waals surface area contributed by atoms with Crippen LogP contribution in [0.2, 0.25) is 0 Å². The molecule has 1 aromatic carbocycles. The Morgan fingerprint density at radius 3 is 2.83 bits per heavy atom. The van der Waals surface area contributed by atoms with Crippen molar-refractivity contribution in [2.45, 2.75) is 12.8 Å². The van der Waals surface area contributed by atoms with Crippen LogP contribution in [0.3, 0.4) is 0 Å². The first kappa shape index (κ1) is 12.6. The van der Waals surface area contributed by atoms with E-state index in [1.165, 1.54) is 11.3 Å². The molecule has 2 aromatic rings. The first-order valence-corrected chi connectivity index (χ1v) is 6.40. The summed E-state index contributed by atoms with van der Waals surface area (Å²) in [7, 11) is 0. The second-order valence-electron chi connectivity index (χ2n) is 4.15. The summed E-state index contributed by atoms with van der Waals surface area (Å²) in [4.78, 5) is 11.4. The van der Waals surface area contributed by atoms with Crippen LogP contribution in [0, 0.1) is 17.0 Å². The molecule has 4 nitrogen and oxygen atoms in total. The van der Waals surface area contributed by atoms with Crippen LogP contribution in [0.4, 0.5) is 0 Å². The van der Waals surface area contributed by atoms with Crippen LogP contribution in [0.1, 0.15) is 21.9 Å². The third kappa shape index (κ3) is 2.68. The van der Waals surface area contributed by atoms with Crippen LogP contribution in [-0.4, -0.2) is 16.6 Å². The van der Waals surface area contributed by atoms with E-state index >= 15 is 0 Å². The quantitative estimate of drug-likeness (QED) is 0.680. The number of aromatic hydroxyl groups is 1. The van der Waals surface area contributed by atoms with E-state index in [1.807, 2.05) is 30.5 Å². The Balaban J connectivity index is 2.46. The van der Waals surface area contributed by atoms with Gasteiger partial charge in [-0.25, -0.2) is 0 Å². The van der Waals surface area contributed by atoms with Gasteiger partial charge in [0.1, 0.15) is 5.75 Å². The molecule has 1 atom stereocenters. The van der Waals surface area contributed by atoms with Crippen molar-refractivity contribution in [3.05, 3.63) is 61.8 Å². The predicted octanol–water partition coefficient (Wildman–Crippen LogP) is 3.17. The number of phenols is 1. The van der Waals surface area contributed by atoms with E-state index in [1.54, 1.807) is 12.1 Å². The minimum absolute atomic E-state index is 0.112. The molecule has 5 heteroatoms. The Hall–Kier alpha value is -1.88. The normalized spacial score (nSPS) is 12.3. The minimum Gasteiger partial charge on any atom is -0.508 e. The lowest BCUT2D eigenvalue weighted by Crippen LogP contribution is -2.13. The second-order valence-corrected chi connectivity index (χ2v) is 5.12. The lowest BCUT2D eigenvalue weighted by Gasteiger charge is -2.14. The molecule has 18 heavy (non-hydrogen) atoms. The van der Waals surface area contributed by atoms with Gasteiger partial charge in [0.2, 0.25) is 6.54 Å². The average molecular weight is 263 g/mol. The molecule has 1 unspecified atom stereocenters. The van der Waals surface area contributed by atoms with Crippen LogP contribution in [0.25, 0.3) is 0 Å². The van der Waals surface area contributed by atoms with Crippen LogP contribution in [-0.2, 0) is 0 Å². The summed E-state index contributed by atoms with van der Waals surface area (Å²) in [5, 5.41) is 22.6. The second kappa shape index (κ2) is 5.18. The number of rotatable bonds is 4. The summed E-state index contributed by atoms with van der Waals surface area (Å²) < 4.78 is 0.